The van der Waals surface area contributed by atoms with E-state index in [1.54, 1.807) is 20.3 Å². The Morgan fingerprint density at radius 1 is 1.15 bits per heavy atom. The molecule has 1 aromatic carbocycles. The SMILES string of the molecule is CCCC(CC(=O)O)c1ccc(OC)c(OC)c1OC. The van der Waals surface area contributed by atoms with Crippen LogP contribution in [0.25, 0.3) is 0 Å². The van der Waals surface area contributed by atoms with Crippen molar-refractivity contribution in [2.75, 3.05) is 21.3 Å². The lowest BCUT2D eigenvalue weighted by molar-refractivity contribution is -0.137. The predicted molar refractivity (Wildman–Crippen MR) is 76.0 cm³/mol. The van der Waals surface area contributed by atoms with Gasteiger partial charge in [0.2, 0.25) is 5.75 Å². The lowest BCUT2D eigenvalue weighted by Gasteiger charge is -2.21. The third-order valence-corrected chi connectivity index (χ3v) is 3.23. The number of ether oxygens (including phenoxy) is 3. The van der Waals surface area contributed by atoms with E-state index >= 15 is 0 Å². The summed E-state index contributed by atoms with van der Waals surface area (Å²) in [5.74, 6) is 0.691. The molecule has 1 N–H and O–H groups in total. The summed E-state index contributed by atoms with van der Waals surface area (Å²) in [6.45, 7) is 2.03. The average Bonchev–Trinajstić information content (AvgIpc) is 2.44. The van der Waals surface area contributed by atoms with E-state index in [0.29, 0.717) is 17.2 Å². The normalized spacial score (nSPS) is 11.8. The first-order valence-electron chi connectivity index (χ1n) is 6.59. The number of carboxylic acid groups (broad SMARTS) is 1. The van der Waals surface area contributed by atoms with Crippen molar-refractivity contribution in [1.29, 1.82) is 0 Å². The van der Waals surface area contributed by atoms with Gasteiger partial charge in [0.05, 0.1) is 27.8 Å². The fraction of sp³-hybridized carbons (Fsp3) is 0.533. The van der Waals surface area contributed by atoms with Crippen molar-refractivity contribution < 1.29 is 24.1 Å². The zero-order valence-corrected chi connectivity index (χ0v) is 12.4. The number of hydrogen-bond acceptors (Lipinski definition) is 4. The summed E-state index contributed by atoms with van der Waals surface area (Å²) in [6, 6.07) is 3.63. The highest BCUT2D eigenvalue weighted by Crippen LogP contribution is 2.44. The summed E-state index contributed by atoms with van der Waals surface area (Å²) < 4.78 is 16.0. The molecule has 1 rings (SSSR count). The van der Waals surface area contributed by atoms with E-state index in [-0.39, 0.29) is 12.3 Å². The summed E-state index contributed by atoms with van der Waals surface area (Å²) in [5, 5.41) is 9.07. The second-order valence-electron chi connectivity index (χ2n) is 4.51. The predicted octanol–water partition coefficient (Wildman–Crippen LogP) is 3.07. The van der Waals surface area contributed by atoms with Gasteiger partial charge in [0.1, 0.15) is 0 Å². The second-order valence-corrected chi connectivity index (χ2v) is 4.51. The number of aliphatic carboxylic acids is 1. The Morgan fingerprint density at radius 3 is 2.25 bits per heavy atom. The van der Waals surface area contributed by atoms with Crippen LogP contribution < -0.4 is 14.2 Å². The highest BCUT2D eigenvalue weighted by molar-refractivity contribution is 5.69. The molecule has 0 bridgehead atoms. The average molecular weight is 282 g/mol. The largest absolute Gasteiger partial charge is 0.493 e. The summed E-state index contributed by atoms with van der Waals surface area (Å²) in [4.78, 5) is 11.0. The molecule has 0 aromatic heterocycles. The van der Waals surface area contributed by atoms with E-state index in [1.165, 1.54) is 7.11 Å². The molecular weight excluding hydrogens is 260 g/mol. The first kappa shape index (κ1) is 16.1. The molecule has 1 aromatic rings. The van der Waals surface area contributed by atoms with Crippen LogP contribution in [0.1, 0.15) is 37.7 Å². The standard InChI is InChI=1S/C15H22O5/c1-5-6-10(9-13(16)17)11-7-8-12(18-2)15(20-4)14(11)19-3/h7-8,10H,5-6,9H2,1-4H3,(H,16,17). The Bertz CT molecular complexity index is 456. The number of rotatable bonds is 8. The fourth-order valence-corrected chi connectivity index (χ4v) is 2.37. The van der Waals surface area contributed by atoms with E-state index in [0.717, 1.165) is 18.4 Å². The summed E-state index contributed by atoms with van der Waals surface area (Å²) >= 11 is 0. The van der Waals surface area contributed by atoms with Crippen molar-refractivity contribution in [1.82, 2.24) is 0 Å². The van der Waals surface area contributed by atoms with Crippen LogP contribution in [0.3, 0.4) is 0 Å². The van der Waals surface area contributed by atoms with Crippen LogP contribution in [0.4, 0.5) is 0 Å². The number of benzene rings is 1. The van der Waals surface area contributed by atoms with Gasteiger partial charge in [-0.05, 0) is 18.4 Å². The third kappa shape index (κ3) is 3.56. The van der Waals surface area contributed by atoms with Crippen molar-refractivity contribution in [2.45, 2.75) is 32.1 Å². The molecule has 1 unspecified atom stereocenters. The van der Waals surface area contributed by atoms with Crippen LogP contribution in [-0.2, 0) is 4.79 Å². The third-order valence-electron chi connectivity index (χ3n) is 3.23. The quantitative estimate of drug-likeness (QED) is 0.793. The molecule has 0 aliphatic carbocycles. The summed E-state index contributed by atoms with van der Waals surface area (Å²) in [5.41, 5.74) is 0.842. The maximum atomic E-state index is 11.0. The minimum atomic E-state index is -0.819. The smallest absolute Gasteiger partial charge is 0.303 e. The number of carbonyl (C=O) groups is 1. The highest BCUT2D eigenvalue weighted by Gasteiger charge is 2.23. The van der Waals surface area contributed by atoms with Gasteiger partial charge in [-0.2, -0.15) is 0 Å². The molecule has 0 spiro atoms. The Morgan fingerprint density at radius 2 is 1.80 bits per heavy atom. The van der Waals surface area contributed by atoms with Crippen molar-refractivity contribution >= 4 is 5.97 Å². The van der Waals surface area contributed by atoms with Crippen LogP contribution in [0.2, 0.25) is 0 Å². The van der Waals surface area contributed by atoms with E-state index in [4.69, 9.17) is 19.3 Å². The molecule has 0 aliphatic heterocycles. The highest BCUT2D eigenvalue weighted by atomic mass is 16.5. The van der Waals surface area contributed by atoms with Crippen LogP contribution in [0, 0.1) is 0 Å². The molecule has 0 saturated carbocycles. The van der Waals surface area contributed by atoms with Gasteiger partial charge in [-0.1, -0.05) is 19.4 Å². The number of hydrogen-bond donors (Lipinski definition) is 1. The van der Waals surface area contributed by atoms with Crippen molar-refractivity contribution in [3.05, 3.63) is 17.7 Å². The Labute approximate surface area is 119 Å². The Kier molecular flexibility index (Phi) is 6.15. The molecule has 0 aliphatic rings. The first-order valence-corrected chi connectivity index (χ1v) is 6.59. The summed E-state index contributed by atoms with van der Waals surface area (Å²) in [6.07, 6.45) is 1.74. The minimum absolute atomic E-state index is 0.0691. The molecule has 0 amide bonds. The van der Waals surface area contributed by atoms with Crippen LogP contribution in [0.15, 0.2) is 12.1 Å². The first-order chi connectivity index (χ1) is 9.58. The Balaban J connectivity index is 3.29. The van der Waals surface area contributed by atoms with Crippen molar-refractivity contribution in [3.8, 4) is 17.2 Å². The second kappa shape index (κ2) is 7.62. The zero-order chi connectivity index (χ0) is 15.1. The summed E-state index contributed by atoms with van der Waals surface area (Å²) in [7, 11) is 4.64. The molecule has 0 saturated heterocycles. The molecule has 5 nitrogen and oxygen atoms in total. The van der Waals surface area contributed by atoms with E-state index < -0.39 is 5.97 Å². The topological polar surface area (TPSA) is 65.0 Å². The van der Waals surface area contributed by atoms with E-state index in [2.05, 4.69) is 0 Å². The van der Waals surface area contributed by atoms with Crippen LogP contribution >= 0.6 is 0 Å². The zero-order valence-electron chi connectivity index (χ0n) is 12.4. The maximum absolute atomic E-state index is 11.0. The molecule has 0 radical (unpaired) electrons. The van der Waals surface area contributed by atoms with Gasteiger partial charge in [-0.15, -0.1) is 0 Å². The lowest BCUT2D eigenvalue weighted by atomic mass is 9.90. The maximum Gasteiger partial charge on any atom is 0.303 e. The van der Waals surface area contributed by atoms with Crippen LogP contribution in [-0.4, -0.2) is 32.4 Å². The van der Waals surface area contributed by atoms with Crippen LogP contribution in [0.5, 0.6) is 17.2 Å². The molecule has 20 heavy (non-hydrogen) atoms. The van der Waals surface area contributed by atoms with Gasteiger partial charge >= 0.3 is 5.97 Å². The molecule has 5 heteroatoms. The Hall–Kier alpha value is -1.91. The lowest BCUT2D eigenvalue weighted by Crippen LogP contribution is -2.09. The number of methoxy groups -OCH3 is 3. The van der Waals surface area contributed by atoms with Gasteiger partial charge in [-0.25, -0.2) is 0 Å². The van der Waals surface area contributed by atoms with E-state index in [9.17, 15) is 4.79 Å². The van der Waals surface area contributed by atoms with Gasteiger partial charge in [0, 0.05) is 5.56 Å². The van der Waals surface area contributed by atoms with E-state index in [1.807, 2.05) is 13.0 Å². The van der Waals surface area contributed by atoms with Gasteiger partial charge in [0.25, 0.3) is 0 Å². The minimum Gasteiger partial charge on any atom is -0.493 e. The molecule has 0 heterocycles. The molecule has 0 fully saturated rings. The fourth-order valence-electron chi connectivity index (χ4n) is 2.37. The van der Waals surface area contributed by atoms with Gasteiger partial charge in [-0.3, -0.25) is 4.79 Å². The monoisotopic (exact) mass is 282 g/mol. The van der Waals surface area contributed by atoms with Crippen molar-refractivity contribution in [3.63, 3.8) is 0 Å². The molecular formula is C15H22O5. The molecule has 112 valence electrons. The van der Waals surface area contributed by atoms with Gasteiger partial charge < -0.3 is 19.3 Å². The number of carboxylic acids is 1. The van der Waals surface area contributed by atoms with Crippen molar-refractivity contribution in [2.24, 2.45) is 0 Å². The molecule has 1 atom stereocenters. The van der Waals surface area contributed by atoms with Gasteiger partial charge in [0.15, 0.2) is 11.5 Å².